The van der Waals surface area contributed by atoms with Gasteiger partial charge in [-0.05, 0) is 60.5 Å². The minimum atomic E-state index is 0.299. The highest BCUT2D eigenvalue weighted by Gasteiger charge is 2.19. The van der Waals surface area contributed by atoms with Gasteiger partial charge in [0.1, 0.15) is 0 Å². The van der Waals surface area contributed by atoms with E-state index in [4.69, 9.17) is 15.0 Å². The molecule has 234 valence electrons. The lowest BCUT2D eigenvalue weighted by molar-refractivity contribution is 1.07. The number of hydrogen-bond donors (Lipinski definition) is 0. The standard InChI is InChI=1S/C43H27N7/c1-28(25-44)17-21-35(29(2)26-45)32-19-22-40-38(23-32)36-15-9-10-16-39(36)50(40)34-20-18-33(27-46)37(24-34)43-48-41(30-11-5-3-6-12-30)47-42(49-43)31-13-7-4-8-14-31/h3-24H,1H2,2H3/b21-17-,35-29-. The molecule has 0 radical (unpaired) electrons. The first-order valence-corrected chi connectivity index (χ1v) is 15.8. The molecule has 0 saturated carbocycles. The predicted molar refractivity (Wildman–Crippen MR) is 197 cm³/mol. The van der Waals surface area contributed by atoms with Gasteiger partial charge < -0.3 is 4.57 Å². The van der Waals surface area contributed by atoms with E-state index in [-0.39, 0.29) is 0 Å². The third kappa shape index (κ3) is 5.82. The summed E-state index contributed by atoms with van der Waals surface area (Å²) in [6.07, 6.45) is 3.38. The summed E-state index contributed by atoms with van der Waals surface area (Å²) in [5, 5.41) is 31.3. The van der Waals surface area contributed by atoms with E-state index in [9.17, 15) is 15.8 Å². The maximum Gasteiger partial charge on any atom is 0.165 e. The van der Waals surface area contributed by atoms with E-state index in [0.717, 1.165) is 44.2 Å². The van der Waals surface area contributed by atoms with Crippen LogP contribution in [-0.2, 0) is 0 Å². The number of aromatic nitrogens is 4. The summed E-state index contributed by atoms with van der Waals surface area (Å²) in [6.45, 7) is 5.50. The molecule has 7 aromatic rings. The highest BCUT2D eigenvalue weighted by Crippen LogP contribution is 2.36. The van der Waals surface area contributed by atoms with Crippen LogP contribution < -0.4 is 0 Å². The van der Waals surface area contributed by atoms with Crippen LogP contribution in [0, 0.1) is 34.0 Å². The summed E-state index contributed by atoms with van der Waals surface area (Å²) in [7, 11) is 0. The largest absolute Gasteiger partial charge is 0.309 e. The molecular weight excluding hydrogens is 615 g/mol. The normalized spacial score (nSPS) is 11.6. The van der Waals surface area contributed by atoms with E-state index in [1.165, 1.54) is 0 Å². The summed E-state index contributed by atoms with van der Waals surface area (Å²) in [4.78, 5) is 14.6. The maximum absolute atomic E-state index is 10.3. The maximum atomic E-state index is 10.3. The molecule has 0 N–H and O–H groups in total. The van der Waals surface area contributed by atoms with Gasteiger partial charge in [-0.25, -0.2) is 15.0 Å². The Morgan fingerprint density at radius 3 is 1.90 bits per heavy atom. The van der Waals surface area contributed by atoms with Crippen LogP contribution in [0.3, 0.4) is 0 Å². The molecular formula is C43H27N7. The van der Waals surface area contributed by atoms with Crippen LogP contribution in [0.15, 0.2) is 151 Å². The Balaban J connectivity index is 1.44. The number of benzene rings is 5. The Morgan fingerprint density at radius 2 is 1.26 bits per heavy atom. The minimum Gasteiger partial charge on any atom is -0.309 e. The second-order valence-corrected chi connectivity index (χ2v) is 11.6. The number of nitriles is 3. The average Bonchev–Trinajstić information content (AvgIpc) is 3.51. The first kappa shape index (κ1) is 31.2. The first-order chi connectivity index (χ1) is 24.5. The highest BCUT2D eigenvalue weighted by molar-refractivity contribution is 6.10. The van der Waals surface area contributed by atoms with Gasteiger partial charge in [-0.1, -0.05) is 97.6 Å². The second-order valence-electron chi connectivity index (χ2n) is 11.6. The molecule has 0 atom stereocenters. The van der Waals surface area contributed by atoms with Gasteiger partial charge in [-0.3, -0.25) is 0 Å². The Kier molecular flexibility index (Phi) is 8.35. The zero-order valence-electron chi connectivity index (χ0n) is 27.0. The molecule has 0 fully saturated rings. The lowest BCUT2D eigenvalue weighted by Crippen LogP contribution is -2.02. The fraction of sp³-hybridized carbons (Fsp3) is 0.0233. The molecule has 0 aliphatic rings. The average molecular weight is 642 g/mol. The number of para-hydroxylation sites is 1. The van der Waals surface area contributed by atoms with Crippen LogP contribution in [0.2, 0.25) is 0 Å². The van der Waals surface area contributed by atoms with Crippen molar-refractivity contribution >= 4 is 27.4 Å². The summed E-state index contributed by atoms with van der Waals surface area (Å²) in [6, 6.07) is 46.0. The van der Waals surface area contributed by atoms with Gasteiger partial charge in [0.25, 0.3) is 0 Å². The Hall–Kier alpha value is -7.40. The Morgan fingerprint density at radius 1 is 0.640 bits per heavy atom. The third-order valence-corrected chi connectivity index (χ3v) is 8.47. The third-order valence-electron chi connectivity index (χ3n) is 8.47. The zero-order chi connectivity index (χ0) is 34.6. The molecule has 0 amide bonds. The molecule has 2 aromatic heterocycles. The SMILES string of the molecule is C=C(C#N)/C=C\C(=C(/C)C#N)c1ccc2c(c1)c1ccccc1n2-c1ccc(C#N)c(-c2nc(-c3ccccc3)nc(-c3ccccc3)n2)c1. The lowest BCUT2D eigenvalue weighted by atomic mass is 9.98. The number of nitrogens with zero attached hydrogens (tertiary/aromatic N) is 7. The monoisotopic (exact) mass is 641 g/mol. The summed E-state index contributed by atoms with van der Waals surface area (Å²) >= 11 is 0. The van der Waals surface area contributed by atoms with Gasteiger partial charge in [-0.15, -0.1) is 0 Å². The van der Waals surface area contributed by atoms with Crippen molar-refractivity contribution in [3.8, 4) is 58.1 Å². The van der Waals surface area contributed by atoms with E-state index in [2.05, 4.69) is 41.5 Å². The van der Waals surface area contributed by atoms with Crippen LogP contribution in [0.4, 0.5) is 0 Å². The molecule has 0 aliphatic heterocycles. The summed E-state index contributed by atoms with van der Waals surface area (Å²) < 4.78 is 2.16. The molecule has 0 bridgehead atoms. The molecule has 2 heterocycles. The fourth-order valence-corrected chi connectivity index (χ4v) is 6.02. The molecule has 0 unspecified atom stereocenters. The van der Waals surface area contributed by atoms with Gasteiger partial charge in [-0.2, -0.15) is 15.8 Å². The Labute approximate surface area is 289 Å². The molecule has 0 spiro atoms. The van der Waals surface area contributed by atoms with Crippen molar-refractivity contribution in [1.29, 1.82) is 15.8 Å². The predicted octanol–water partition coefficient (Wildman–Crippen LogP) is 9.77. The molecule has 0 saturated heterocycles. The zero-order valence-corrected chi connectivity index (χ0v) is 27.0. The smallest absolute Gasteiger partial charge is 0.165 e. The lowest BCUT2D eigenvalue weighted by Gasteiger charge is -2.13. The fourth-order valence-electron chi connectivity index (χ4n) is 6.02. The van der Waals surface area contributed by atoms with Gasteiger partial charge in [0.2, 0.25) is 0 Å². The minimum absolute atomic E-state index is 0.299. The molecule has 7 rings (SSSR count). The molecule has 50 heavy (non-hydrogen) atoms. The van der Waals surface area contributed by atoms with Crippen LogP contribution in [0.5, 0.6) is 0 Å². The van der Waals surface area contributed by atoms with Crippen molar-refractivity contribution in [2.75, 3.05) is 0 Å². The van der Waals surface area contributed by atoms with Gasteiger partial charge >= 0.3 is 0 Å². The van der Waals surface area contributed by atoms with Gasteiger partial charge in [0.15, 0.2) is 17.5 Å². The molecule has 7 heteroatoms. The number of hydrogen-bond acceptors (Lipinski definition) is 6. The number of allylic oxidation sites excluding steroid dienone is 5. The molecule has 7 nitrogen and oxygen atoms in total. The molecule has 0 aliphatic carbocycles. The number of fused-ring (bicyclic) bond motifs is 3. The van der Waals surface area contributed by atoms with Gasteiger partial charge in [0, 0.05) is 44.3 Å². The Bertz CT molecular complexity index is 2590. The van der Waals surface area contributed by atoms with E-state index in [0.29, 0.717) is 45.3 Å². The van der Waals surface area contributed by atoms with Crippen LogP contribution >= 0.6 is 0 Å². The topological polar surface area (TPSA) is 115 Å². The van der Waals surface area contributed by atoms with Crippen molar-refractivity contribution in [3.05, 3.63) is 162 Å². The van der Waals surface area contributed by atoms with Crippen molar-refractivity contribution in [2.45, 2.75) is 6.92 Å². The van der Waals surface area contributed by atoms with E-state index >= 15 is 0 Å². The van der Waals surface area contributed by atoms with Crippen molar-refractivity contribution in [1.82, 2.24) is 19.5 Å². The highest BCUT2D eigenvalue weighted by atomic mass is 15.0. The quantitative estimate of drug-likeness (QED) is 0.126. The van der Waals surface area contributed by atoms with Crippen molar-refractivity contribution < 1.29 is 0 Å². The summed E-state index contributed by atoms with van der Waals surface area (Å²) in [5.74, 6) is 1.42. The van der Waals surface area contributed by atoms with Gasteiger partial charge in [0.05, 0.1) is 34.8 Å². The van der Waals surface area contributed by atoms with E-state index in [1.54, 1.807) is 25.1 Å². The van der Waals surface area contributed by atoms with Crippen LogP contribution in [0.1, 0.15) is 18.1 Å². The summed E-state index contributed by atoms with van der Waals surface area (Å²) in [5.41, 5.74) is 7.82. The second kappa shape index (κ2) is 13.4. The van der Waals surface area contributed by atoms with Crippen LogP contribution in [0.25, 0.3) is 67.2 Å². The molecule has 5 aromatic carbocycles. The number of rotatable bonds is 7. The van der Waals surface area contributed by atoms with Crippen molar-refractivity contribution in [2.24, 2.45) is 0 Å². The van der Waals surface area contributed by atoms with Crippen LogP contribution in [-0.4, -0.2) is 19.5 Å². The first-order valence-electron chi connectivity index (χ1n) is 15.8. The van der Waals surface area contributed by atoms with E-state index < -0.39 is 0 Å². The van der Waals surface area contributed by atoms with Crippen molar-refractivity contribution in [3.63, 3.8) is 0 Å². The van der Waals surface area contributed by atoms with E-state index in [1.807, 2.05) is 103 Å².